The first-order chi connectivity index (χ1) is 10.1. The first-order valence-corrected chi connectivity index (χ1v) is 8.47. The van der Waals surface area contributed by atoms with E-state index in [1.807, 2.05) is 0 Å². The molecule has 0 amide bonds. The molecule has 2 rings (SSSR count). The van der Waals surface area contributed by atoms with Crippen molar-refractivity contribution in [2.24, 2.45) is 11.8 Å². The second kappa shape index (κ2) is 7.31. The molecule has 0 saturated heterocycles. The molecule has 0 aliphatic heterocycles. The Morgan fingerprint density at radius 2 is 1.90 bits per heavy atom. The predicted molar refractivity (Wildman–Crippen MR) is 90.0 cm³/mol. The van der Waals surface area contributed by atoms with Gasteiger partial charge in [-0.1, -0.05) is 38.8 Å². The molecule has 1 aromatic carbocycles. The quantitative estimate of drug-likeness (QED) is 0.813. The lowest BCUT2D eigenvalue weighted by Gasteiger charge is -2.29. The van der Waals surface area contributed by atoms with Crippen molar-refractivity contribution < 1.29 is 4.74 Å². The van der Waals surface area contributed by atoms with Crippen LogP contribution < -0.4 is 10.1 Å². The minimum Gasteiger partial charge on any atom is -0.496 e. The second-order valence-electron chi connectivity index (χ2n) is 6.69. The van der Waals surface area contributed by atoms with Gasteiger partial charge in [-0.25, -0.2) is 0 Å². The van der Waals surface area contributed by atoms with E-state index in [1.54, 1.807) is 7.11 Å². The number of aryl methyl sites for hydroxylation is 2. The van der Waals surface area contributed by atoms with Crippen molar-refractivity contribution in [2.75, 3.05) is 13.7 Å². The smallest absolute Gasteiger partial charge is 0.124 e. The van der Waals surface area contributed by atoms with Crippen LogP contribution in [0.3, 0.4) is 0 Å². The van der Waals surface area contributed by atoms with Crippen LogP contribution >= 0.6 is 0 Å². The third-order valence-electron chi connectivity index (χ3n) is 5.02. The van der Waals surface area contributed by atoms with Crippen molar-refractivity contribution in [3.63, 3.8) is 0 Å². The van der Waals surface area contributed by atoms with Gasteiger partial charge >= 0.3 is 0 Å². The van der Waals surface area contributed by atoms with E-state index in [2.05, 4.69) is 45.1 Å². The Kier molecular flexibility index (Phi) is 5.69. The summed E-state index contributed by atoms with van der Waals surface area (Å²) in [5.41, 5.74) is 3.95. The predicted octanol–water partition coefficient (Wildman–Crippen LogP) is 4.79. The molecule has 0 heterocycles. The summed E-state index contributed by atoms with van der Waals surface area (Å²) in [6.45, 7) is 10.1. The van der Waals surface area contributed by atoms with E-state index in [0.717, 1.165) is 24.1 Å². The van der Waals surface area contributed by atoms with Gasteiger partial charge in [-0.15, -0.1) is 0 Å². The van der Waals surface area contributed by atoms with Crippen LogP contribution in [0.15, 0.2) is 12.1 Å². The lowest BCUT2D eigenvalue weighted by atomic mass is 9.84. The van der Waals surface area contributed by atoms with Gasteiger partial charge in [-0.2, -0.15) is 0 Å². The zero-order valence-electron chi connectivity index (χ0n) is 14.3. The average molecular weight is 289 g/mol. The zero-order chi connectivity index (χ0) is 15.4. The molecule has 1 saturated carbocycles. The number of rotatable bonds is 6. The first-order valence-electron chi connectivity index (χ1n) is 8.47. The lowest BCUT2D eigenvalue weighted by Crippen LogP contribution is -2.30. The highest BCUT2D eigenvalue weighted by molar-refractivity contribution is 5.44. The van der Waals surface area contributed by atoms with Gasteiger partial charge in [0.1, 0.15) is 5.75 Å². The van der Waals surface area contributed by atoms with E-state index >= 15 is 0 Å². The number of nitrogens with one attached hydrogen (secondary N) is 1. The zero-order valence-corrected chi connectivity index (χ0v) is 14.3. The van der Waals surface area contributed by atoms with Gasteiger partial charge in [-0.05, 0) is 61.8 Å². The minimum absolute atomic E-state index is 0.491. The Bertz CT molecular complexity index is 446. The highest BCUT2D eigenvalue weighted by atomic mass is 16.5. The average Bonchev–Trinajstić information content (AvgIpc) is 2.85. The van der Waals surface area contributed by atoms with Crippen molar-refractivity contribution in [2.45, 2.75) is 59.4 Å². The van der Waals surface area contributed by atoms with Crippen LogP contribution in [-0.4, -0.2) is 13.7 Å². The van der Waals surface area contributed by atoms with Gasteiger partial charge in [-0.3, -0.25) is 0 Å². The molecule has 21 heavy (non-hydrogen) atoms. The number of methoxy groups -OCH3 is 1. The highest BCUT2D eigenvalue weighted by Gasteiger charge is 2.31. The standard InChI is InChI=1S/C19H31NO/c1-6-10-20-18(17-9-7-8-13(17)2)16-11-14(3)19(21-5)15(4)12-16/h11-13,17-18,20H,6-10H2,1-5H3. The van der Waals surface area contributed by atoms with Crippen molar-refractivity contribution in [1.29, 1.82) is 0 Å². The van der Waals surface area contributed by atoms with Crippen LogP contribution in [0.2, 0.25) is 0 Å². The van der Waals surface area contributed by atoms with E-state index in [-0.39, 0.29) is 0 Å². The maximum atomic E-state index is 5.52. The number of hydrogen-bond donors (Lipinski definition) is 1. The van der Waals surface area contributed by atoms with Crippen molar-refractivity contribution in [3.8, 4) is 5.75 Å². The van der Waals surface area contributed by atoms with Crippen LogP contribution in [0.5, 0.6) is 5.75 Å². The van der Waals surface area contributed by atoms with Gasteiger partial charge < -0.3 is 10.1 Å². The molecule has 3 unspecified atom stereocenters. The van der Waals surface area contributed by atoms with Crippen LogP contribution in [-0.2, 0) is 0 Å². The van der Waals surface area contributed by atoms with Gasteiger partial charge in [0.15, 0.2) is 0 Å². The van der Waals surface area contributed by atoms with E-state index in [1.165, 1.54) is 42.4 Å². The van der Waals surface area contributed by atoms with E-state index < -0.39 is 0 Å². The molecule has 0 spiro atoms. The van der Waals surface area contributed by atoms with Gasteiger partial charge in [0, 0.05) is 6.04 Å². The fourth-order valence-electron chi connectivity index (χ4n) is 3.97. The van der Waals surface area contributed by atoms with Crippen molar-refractivity contribution in [3.05, 3.63) is 28.8 Å². The summed E-state index contributed by atoms with van der Waals surface area (Å²) in [4.78, 5) is 0. The molecule has 1 aromatic rings. The molecule has 2 nitrogen and oxygen atoms in total. The van der Waals surface area contributed by atoms with E-state index in [9.17, 15) is 0 Å². The summed E-state index contributed by atoms with van der Waals surface area (Å²) in [7, 11) is 1.76. The molecular formula is C19H31NO. The maximum Gasteiger partial charge on any atom is 0.124 e. The topological polar surface area (TPSA) is 21.3 Å². The SMILES string of the molecule is CCCNC(c1cc(C)c(OC)c(C)c1)C1CCCC1C. The molecule has 1 fully saturated rings. The van der Waals surface area contributed by atoms with E-state index in [0.29, 0.717) is 6.04 Å². The molecule has 1 N–H and O–H groups in total. The highest BCUT2D eigenvalue weighted by Crippen LogP contribution is 2.41. The van der Waals surface area contributed by atoms with Gasteiger partial charge in [0.25, 0.3) is 0 Å². The van der Waals surface area contributed by atoms with Crippen LogP contribution in [0.4, 0.5) is 0 Å². The fraction of sp³-hybridized carbons (Fsp3) is 0.684. The summed E-state index contributed by atoms with van der Waals surface area (Å²) in [5.74, 6) is 2.62. The second-order valence-corrected chi connectivity index (χ2v) is 6.69. The monoisotopic (exact) mass is 289 g/mol. The molecule has 0 bridgehead atoms. The molecule has 0 radical (unpaired) electrons. The first kappa shape index (κ1) is 16.4. The summed E-state index contributed by atoms with van der Waals surface area (Å²) < 4.78 is 5.52. The molecular weight excluding hydrogens is 258 g/mol. The Labute approximate surface area is 130 Å². The maximum absolute atomic E-state index is 5.52. The van der Waals surface area contributed by atoms with Crippen molar-refractivity contribution in [1.82, 2.24) is 5.32 Å². The molecule has 2 heteroatoms. The summed E-state index contributed by atoms with van der Waals surface area (Å²) in [6.07, 6.45) is 5.30. The minimum atomic E-state index is 0.491. The molecule has 0 aromatic heterocycles. The lowest BCUT2D eigenvalue weighted by molar-refractivity contribution is 0.301. The van der Waals surface area contributed by atoms with Gasteiger partial charge in [0.05, 0.1) is 7.11 Å². The van der Waals surface area contributed by atoms with Crippen LogP contribution in [0, 0.1) is 25.7 Å². The normalized spacial score (nSPS) is 23.3. The Morgan fingerprint density at radius 1 is 1.24 bits per heavy atom. The van der Waals surface area contributed by atoms with E-state index in [4.69, 9.17) is 4.74 Å². The Balaban J connectivity index is 2.32. The fourth-order valence-corrected chi connectivity index (χ4v) is 3.97. The number of benzene rings is 1. The number of hydrogen-bond acceptors (Lipinski definition) is 2. The van der Waals surface area contributed by atoms with Gasteiger partial charge in [0.2, 0.25) is 0 Å². The van der Waals surface area contributed by atoms with Crippen LogP contribution in [0.25, 0.3) is 0 Å². The summed E-state index contributed by atoms with van der Waals surface area (Å²) in [6, 6.07) is 5.14. The summed E-state index contributed by atoms with van der Waals surface area (Å²) >= 11 is 0. The largest absolute Gasteiger partial charge is 0.496 e. The third-order valence-corrected chi connectivity index (χ3v) is 5.02. The summed E-state index contributed by atoms with van der Waals surface area (Å²) in [5, 5.41) is 3.81. The Hall–Kier alpha value is -1.02. The molecule has 1 aliphatic rings. The molecule has 118 valence electrons. The van der Waals surface area contributed by atoms with Crippen LogP contribution in [0.1, 0.15) is 62.3 Å². The van der Waals surface area contributed by atoms with Crippen molar-refractivity contribution >= 4 is 0 Å². The number of ether oxygens (including phenoxy) is 1. The molecule has 1 aliphatic carbocycles. The third kappa shape index (κ3) is 3.60. The molecule has 3 atom stereocenters. The Morgan fingerprint density at radius 3 is 2.38 bits per heavy atom.